The highest BCUT2D eigenvalue weighted by Gasteiger charge is 2.10. The quantitative estimate of drug-likeness (QED) is 0.716. The van der Waals surface area contributed by atoms with E-state index in [1.807, 2.05) is 26.0 Å². The summed E-state index contributed by atoms with van der Waals surface area (Å²) < 4.78 is 18.3. The average Bonchev–Trinajstić information content (AvgIpc) is 2.26. The normalized spacial score (nSPS) is 13.1. The summed E-state index contributed by atoms with van der Waals surface area (Å²) in [6, 6.07) is 6.70. The summed E-state index contributed by atoms with van der Waals surface area (Å²) in [5.74, 6) is 0.204. The molecule has 1 aromatic carbocycles. The van der Waals surface area contributed by atoms with E-state index in [2.05, 4.69) is 15.9 Å². The van der Waals surface area contributed by atoms with Crippen LogP contribution in [0.3, 0.4) is 0 Å². The monoisotopic (exact) mass is 288 g/mol. The molecule has 90 valence electrons. The highest BCUT2D eigenvalue weighted by atomic mass is 79.9. The van der Waals surface area contributed by atoms with E-state index < -0.39 is 0 Å². The van der Waals surface area contributed by atoms with Crippen molar-refractivity contribution in [3.63, 3.8) is 0 Å². The van der Waals surface area contributed by atoms with E-state index in [1.165, 1.54) is 12.1 Å². The number of ether oxygens (including phenoxy) is 1. The van der Waals surface area contributed by atoms with Crippen LogP contribution in [0.2, 0.25) is 0 Å². The molecule has 0 aliphatic heterocycles. The summed E-state index contributed by atoms with van der Waals surface area (Å²) in [4.78, 5) is 0. The number of hydrogen-bond donors (Lipinski definition) is 0. The summed E-state index contributed by atoms with van der Waals surface area (Å²) in [7, 11) is 0. The van der Waals surface area contributed by atoms with E-state index in [-0.39, 0.29) is 11.9 Å². The lowest BCUT2D eigenvalue weighted by atomic mass is 9.98. The van der Waals surface area contributed by atoms with Crippen LogP contribution in [-0.4, -0.2) is 18.0 Å². The first kappa shape index (κ1) is 13.7. The summed E-state index contributed by atoms with van der Waals surface area (Å²) in [5, 5.41) is 0.875. The largest absolute Gasteiger partial charge is 0.379 e. The first-order valence-electron chi connectivity index (χ1n) is 5.56. The zero-order chi connectivity index (χ0) is 12.0. The summed E-state index contributed by atoms with van der Waals surface area (Å²) in [5.41, 5.74) is 1.16. The number of alkyl halides is 1. The molecule has 1 unspecified atom stereocenters. The highest BCUT2D eigenvalue weighted by Crippen LogP contribution is 2.22. The van der Waals surface area contributed by atoms with Gasteiger partial charge in [0.1, 0.15) is 5.82 Å². The van der Waals surface area contributed by atoms with Gasteiger partial charge in [0.05, 0.1) is 6.10 Å². The van der Waals surface area contributed by atoms with Gasteiger partial charge in [0.15, 0.2) is 0 Å². The van der Waals surface area contributed by atoms with Gasteiger partial charge in [-0.15, -0.1) is 0 Å². The Labute approximate surface area is 105 Å². The van der Waals surface area contributed by atoms with Crippen molar-refractivity contribution >= 4 is 15.9 Å². The van der Waals surface area contributed by atoms with E-state index in [4.69, 9.17) is 4.74 Å². The Morgan fingerprint density at radius 2 is 1.88 bits per heavy atom. The first-order chi connectivity index (χ1) is 7.63. The molecule has 0 heterocycles. The maximum atomic E-state index is 12.8. The molecule has 0 spiro atoms. The third-order valence-electron chi connectivity index (χ3n) is 2.45. The molecule has 0 aromatic heterocycles. The van der Waals surface area contributed by atoms with E-state index in [9.17, 15) is 4.39 Å². The predicted molar refractivity (Wildman–Crippen MR) is 68.6 cm³/mol. The van der Waals surface area contributed by atoms with Gasteiger partial charge >= 0.3 is 0 Å². The number of benzene rings is 1. The lowest BCUT2D eigenvalue weighted by Gasteiger charge is -2.15. The fourth-order valence-electron chi connectivity index (χ4n) is 1.51. The fraction of sp³-hybridized carbons (Fsp3) is 0.538. The van der Waals surface area contributed by atoms with Gasteiger partial charge in [-0.2, -0.15) is 0 Å². The van der Waals surface area contributed by atoms with Gasteiger partial charge in [0.25, 0.3) is 0 Å². The second-order valence-corrected chi connectivity index (χ2v) is 4.76. The third-order valence-corrected chi connectivity index (χ3v) is 3.23. The van der Waals surface area contributed by atoms with Crippen LogP contribution in [0.1, 0.15) is 31.7 Å². The molecule has 1 rings (SSSR count). The van der Waals surface area contributed by atoms with Crippen LogP contribution in [0.15, 0.2) is 24.3 Å². The van der Waals surface area contributed by atoms with Gasteiger partial charge in [-0.3, -0.25) is 0 Å². The van der Waals surface area contributed by atoms with Crippen molar-refractivity contribution in [3.8, 4) is 0 Å². The Morgan fingerprint density at radius 1 is 1.25 bits per heavy atom. The molecule has 0 saturated heterocycles. The number of halogens is 2. The van der Waals surface area contributed by atoms with Crippen LogP contribution < -0.4 is 0 Å². The maximum absolute atomic E-state index is 12.8. The van der Waals surface area contributed by atoms with E-state index in [0.29, 0.717) is 5.92 Å². The molecule has 1 nitrogen and oxygen atoms in total. The Hall–Kier alpha value is -0.410. The topological polar surface area (TPSA) is 9.23 Å². The van der Waals surface area contributed by atoms with Crippen molar-refractivity contribution in [1.82, 2.24) is 0 Å². The molecule has 0 aliphatic rings. The van der Waals surface area contributed by atoms with Crippen LogP contribution >= 0.6 is 15.9 Å². The molecule has 3 heteroatoms. The van der Waals surface area contributed by atoms with E-state index >= 15 is 0 Å². The molecule has 0 N–H and O–H groups in total. The third kappa shape index (κ3) is 4.62. The van der Waals surface area contributed by atoms with Gasteiger partial charge in [-0.25, -0.2) is 4.39 Å². The van der Waals surface area contributed by atoms with Crippen molar-refractivity contribution in [1.29, 1.82) is 0 Å². The van der Waals surface area contributed by atoms with Gasteiger partial charge < -0.3 is 4.74 Å². The minimum atomic E-state index is -0.185. The fourth-order valence-corrected chi connectivity index (χ4v) is 2.21. The standard InChI is InChI=1S/C13H18BrFO/c1-10(2)16-8-7-12(9-14)11-3-5-13(15)6-4-11/h3-6,10,12H,7-9H2,1-2H3. The molecule has 0 amide bonds. The SMILES string of the molecule is CC(C)OCCC(CBr)c1ccc(F)cc1. The molecule has 1 aromatic rings. The van der Waals surface area contributed by atoms with Crippen LogP contribution in [0.4, 0.5) is 4.39 Å². The smallest absolute Gasteiger partial charge is 0.123 e. The highest BCUT2D eigenvalue weighted by molar-refractivity contribution is 9.09. The van der Waals surface area contributed by atoms with Crippen molar-refractivity contribution in [2.24, 2.45) is 0 Å². The van der Waals surface area contributed by atoms with Crippen LogP contribution in [0.25, 0.3) is 0 Å². The number of hydrogen-bond acceptors (Lipinski definition) is 1. The Balaban J connectivity index is 2.50. The molecule has 0 radical (unpaired) electrons. The average molecular weight is 289 g/mol. The minimum absolute atomic E-state index is 0.185. The van der Waals surface area contributed by atoms with Crippen LogP contribution in [0.5, 0.6) is 0 Å². The van der Waals surface area contributed by atoms with Crippen molar-refractivity contribution in [3.05, 3.63) is 35.6 Å². The molecular formula is C13H18BrFO. The van der Waals surface area contributed by atoms with Gasteiger partial charge in [0, 0.05) is 11.9 Å². The zero-order valence-corrected chi connectivity index (χ0v) is 11.3. The van der Waals surface area contributed by atoms with E-state index in [0.717, 1.165) is 23.9 Å². The van der Waals surface area contributed by atoms with Crippen molar-refractivity contribution < 1.29 is 9.13 Å². The molecule has 0 bridgehead atoms. The summed E-state index contributed by atoms with van der Waals surface area (Å²) in [6.07, 6.45) is 1.22. The van der Waals surface area contributed by atoms with Gasteiger partial charge in [-0.05, 0) is 43.9 Å². The van der Waals surface area contributed by atoms with Gasteiger partial charge in [-0.1, -0.05) is 28.1 Å². The molecular weight excluding hydrogens is 271 g/mol. The lowest BCUT2D eigenvalue weighted by molar-refractivity contribution is 0.0744. The summed E-state index contributed by atoms with van der Waals surface area (Å²) in [6.45, 7) is 4.80. The maximum Gasteiger partial charge on any atom is 0.123 e. The van der Waals surface area contributed by atoms with Crippen molar-refractivity contribution in [2.75, 3.05) is 11.9 Å². The number of rotatable bonds is 6. The Bertz CT molecular complexity index is 297. The van der Waals surface area contributed by atoms with Gasteiger partial charge in [0.2, 0.25) is 0 Å². The Morgan fingerprint density at radius 3 is 2.38 bits per heavy atom. The van der Waals surface area contributed by atoms with E-state index in [1.54, 1.807) is 0 Å². The predicted octanol–water partition coefficient (Wildman–Crippen LogP) is 4.12. The molecule has 0 saturated carbocycles. The first-order valence-corrected chi connectivity index (χ1v) is 6.68. The minimum Gasteiger partial charge on any atom is -0.379 e. The second kappa shape index (κ2) is 7.02. The second-order valence-electron chi connectivity index (χ2n) is 4.11. The zero-order valence-electron chi connectivity index (χ0n) is 9.75. The van der Waals surface area contributed by atoms with Crippen LogP contribution in [0, 0.1) is 5.82 Å². The van der Waals surface area contributed by atoms with Crippen LogP contribution in [-0.2, 0) is 4.74 Å². The molecule has 16 heavy (non-hydrogen) atoms. The lowest BCUT2D eigenvalue weighted by Crippen LogP contribution is -2.09. The molecule has 1 atom stereocenters. The molecule has 0 fully saturated rings. The summed E-state index contributed by atoms with van der Waals surface area (Å²) >= 11 is 3.49. The Kier molecular flexibility index (Phi) is 5.99. The van der Waals surface area contributed by atoms with Crippen molar-refractivity contribution in [2.45, 2.75) is 32.3 Å². The molecule has 0 aliphatic carbocycles.